The second kappa shape index (κ2) is 6.64. The van der Waals surface area contributed by atoms with E-state index in [-0.39, 0.29) is 12.1 Å². The van der Waals surface area contributed by atoms with Crippen LogP contribution in [-0.2, 0) is 11.2 Å². The maximum Gasteiger partial charge on any atom is 0.159 e. The second-order valence-corrected chi connectivity index (χ2v) is 4.20. The normalized spacial score (nSPS) is 13.1. The van der Waals surface area contributed by atoms with E-state index in [4.69, 9.17) is 10.6 Å². The maximum atomic E-state index is 13.0. The molecule has 3 nitrogen and oxygen atoms in total. The summed E-state index contributed by atoms with van der Waals surface area (Å²) in [7, 11) is 0. The monoisotopic (exact) mass is 244 g/mol. The lowest BCUT2D eigenvalue weighted by Crippen LogP contribution is -2.40. The predicted octanol–water partition coefficient (Wildman–Crippen LogP) is 1.76. The molecule has 17 heavy (non-hydrogen) atoms. The number of nitrogens with one attached hydrogen (secondary N) is 1. The Balaban J connectivity index is 2.57. The average Bonchev–Trinajstić information content (AvgIpc) is 2.28. The van der Waals surface area contributed by atoms with E-state index in [9.17, 15) is 8.78 Å². The third-order valence-corrected chi connectivity index (χ3v) is 2.33. The zero-order valence-electron chi connectivity index (χ0n) is 10.0. The number of nitrogens with two attached hydrogens (primary N) is 1. The quantitative estimate of drug-likeness (QED) is 0.592. The summed E-state index contributed by atoms with van der Waals surface area (Å²) < 4.78 is 31.1. The van der Waals surface area contributed by atoms with Gasteiger partial charge >= 0.3 is 0 Å². The van der Waals surface area contributed by atoms with Crippen molar-refractivity contribution in [3.05, 3.63) is 35.4 Å². The van der Waals surface area contributed by atoms with Crippen LogP contribution in [0.2, 0.25) is 0 Å². The molecule has 0 heterocycles. The molecule has 0 aliphatic heterocycles. The molecule has 1 aromatic rings. The van der Waals surface area contributed by atoms with Gasteiger partial charge in [-0.2, -0.15) is 0 Å². The van der Waals surface area contributed by atoms with Crippen LogP contribution in [0.3, 0.4) is 0 Å². The molecule has 0 bridgehead atoms. The molecule has 3 N–H and O–H groups in total. The van der Waals surface area contributed by atoms with Crippen LogP contribution in [0, 0.1) is 11.6 Å². The van der Waals surface area contributed by atoms with Gasteiger partial charge in [0.15, 0.2) is 11.6 Å². The first-order valence-corrected chi connectivity index (χ1v) is 5.54. The maximum absolute atomic E-state index is 13.0. The van der Waals surface area contributed by atoms with E-state index in [1.807, 2.05) is 13.8 Å². The van der Waals surface area contributed by atoms with Gasteiger partial charge in [0.1, 0.15) is 0 Å². The zero-order chi connectivity index (χ0) is 12.8. The smallest absolute Gasteiger partial charge is 0.159 e. The molecular weight excluding hydrogens is 226 g/mol. The number of hydrogen-bond acceptors (Lipinski definition) is 3. The molecule has 1 unspecified atom stereocenters. The summed E-state index contributed by atoms with van der Waals surface area (Å²) in [5, 5.41) is 0. The van der Waals surface area contributed by atoms with Crippen LogP contribution in [0.4, 0.5) is 8.78 Å². The van der Waals surface area contributed by atoms with Crippen molar-refractivity contribution in [1.29, 1.82) is 0 Å². The van der Waals surface area contributed by atoms with Crippen LogP contribution in [0.1, 0.15) is 19.4 Å². The van der Waals surface area contributed by atoms with Gasteiger partial charge in [-0.05, 0) is 38.0 Å². The Morgan fingerprint density at radius 1 is 1.29 bits per heavy atom. The molecule has 1 atom stereocenters. The minimum absolute atomic E-state index is 0.107. The molecule has 5 heteroatoms. The highest BCUT2D eigenvalue weighted by Crippen LogP contribution is 2.10. The summed E-state index contributed by atoms with van der Waals surface area (Å²) in [4.78, 5) is 0. The fourth-order valence-electron chi connectivity index (χ4n) is 1.43. The molecule has 0 aliphatic carbocycles. The Labute approximate surface area is 99.9 Å². The molecule has 0 amide bonds. The van der Waals surface area contributed by atoms with E-state index in [0.717, 1.165) is 6.07 Å². The minimum atomic E-state index is -0.844. The van der Waals surface area contributed by atoms with E-state index in [1.165, 1.54) is 12.1 Å². The van der Waals surface area contributed by atoms with E-state index >= 15 is 0 Å². The summed E-state index contributed by atoms with van der Waals surface area (Å²) in [5.74, 6) is 3.69. The van der Waals surface area contributed by atoms with Crippen molar-refractivity contribution in [3.8, 4) is 0 Å². The lowest BCUT2D eigenvalue weighted by Gasteiger charge is -2.17. The van der Waals surface area contributed by atoms with E-state index in [0.29, 0.717) is 18.6 Å². The molecule has 1 rings (SSSR count). The van der Waals surface area contributed by atoms with Crippen molar-refractivity contribution >= 4 is 0 Å². The lowest BCUT2D eigenvalue weighted by atomic mass is 10.1. The first kappa shape index (κ1) is 14.0. The Morgan fingerprint density at radius 2 is 2.00 bits per heavy atom. The van der Waals surface area contributed by atoms with E-state index < -0.39 is 11.6 Å². The molecule has 0 spiro atoms. The zero-order valence-corrected chi connectivity index (χ0v) is 10.0. The molecule has 96 valence electrons. The topological polar surface area (TPSA) is 47.3 Å². The average molecular weight is 244 g/mol. The number of rotatable bonds is 6. The fourth-order valence-corrected chi connectivity index (χ4v) is 1.43. The molecule has 0 radical (unpaired) electrons. The van der Waals surface area contributed by atoms with Crippen molar-refractivity contribution in [2.75, 3.05) is 6.61 Å². The largest absolute Gasteiger partial charge is 0.377 e. The van der Waals surface area contributed by atoms with Gasteiger partial charge in [0.25, 0.3) is 0 Å². The van der Waals surface area contributed by atoms with Crippen LogP contribution >= 0.6 is 0 Å². The van der Waals surface area contributed by atoms with Crippen molar-refractivity contribution in [2.24, 2.45) is 5.84 Å². The van der Waals surface area contributed by atoms with Crippen molar-refractivity contribution < 1.29 is 13.5 Å². The van der Waals surface area contributed by atoms with Crippen LogP contribution < -0.4 is 11.3 Å². The highest BCUT2D eigenvalue weighted by atomic mass is 19.2. The highest BCUT2D eigenvalue weighted by molar-refractivity contribution is 5.18. The van der Waals surface area contributed by atoms with Gasteiger partial charge in [0.05, 0.1) is 12.7 Å². The van der Waals surface area contributed by atoms with Crippen LogP contribution in [0.25, 0.3) is 0 Å². The van der Waals surface area contributed by atoms with Gasteiger partial charge in [-0.25, -0.2) is 8.78 Å². The number of hydrazine groups is 1. The number of hydrogen-bond donors (Lipinski definition) is 2. The van der Waals surface area contributed by atoms with Gasteiger partial charge in [-0.3, -0.25) is 11.3 Å². The standard InChI is InChI=1S/C12H18F2N2O/c1-8(2)17-7-10(16-15)5-9-3-4-11(13)12(14)6-9/h3-4,6,8,10,16H,5,7,15H2,1-2H3. The summed E-state index contributed by atoms with van der Waals surface area (Å²) in [6.07, 6.45) is 0.594. The molecule has 0 saturated heterocycles. The van der Waals surface area contributed by atoms with Gasteiger partial charge in [-0.1, -0.05) is 6.07 Å². The molecule has 0 fully saturated rings. The van der Waals surface area contributed by atoms with Gasteiger partial charge in [0.2, 0.25) is 0 Å². The summed E-state index contributed by atoms with van der Waals surface area (Å²) in [5.41, 5.74) is 3.28. The van der Waals surface area contributed by atoms with Crippen LogP contribution in [0.5, 0.6) is 0 Å². The highest BCUT2D eigenvalue weighted by Gasteiger charge is 2.11. The van der Waals surface area contributed by atoms with Crippen molar-refractivity contribution in [2.45, 2.75) is 32.4 Å². The van der Waals surface area contributed by atoms with Crippen LogP contribution in [0.15, 0.2) is 18.2 Å². The summed E-state index contributed by atoms with van der Waals surface area (Å²) in [6, 6.07) is 3.71. The number of halogens is 2. The summed E-state index contributed by atoms with van der Waals surface area (Å²) in [6.45, 7) is 4.27. The predicted molar refractivity (Wildman–Crippen MR) is 62.3 cm³/mol. The molecule has 0 saturated carbocycles. The first-order chi connectivity index (χ1) is 8.02. The van der Waals surface area contributed by atoms with E-state index in [2.05, 4.69) is 5.43 Å². The van der Waals surface area contributed by atoms with Gasteiger partial charge in [0, 0.05) is 6.04 Å². The summed E-state index contributed by atoms with van der Waals surface area (Å²) >= 11 is 0. The molecule has 0 aliphatic rings. The molecule has 0 aromatic heterocycles. The Bertz CT molecular complexity index is 358. The van der Waals surface area contributed by atoms with Gasteiger partial charge < -0.3 is 4.74 Å². The van der Waals surface area contributed by atoms with Gasteiger partial charge in [-0.15, -0.1) is 0 Å². The fraction of sp³-hybridized carbons (Fsp3) is 0.500. The minimum Gasteiger partial charge on any atom is -0.377 e. The molecular formula is C12H18F2N2O. The SMILES string of the molecule is CC(C)OCC(Cc1ccc(F)c(F)c1)NN. The Kier molecular flexibility index (Phi) is 5.47. The van der Waals surface area contributed by atoms with Crippen LogP contribution in [-0.4, -0.2) is 18.8 Å². The third-order valence-electron chi connectivity index (χ3n) is 2.33. The second-order valence-electron chi connectivity index (χ2n) is 4.20. The molecule has 1 aromatic carbocycles. The first-order valence-electron chi connectivity index (χ1n) is 5.54. The van der Waals surface area contributed by atoms with E-state index in [1.54, 1.807) is 0 Å². The lowest BCUT2D eigenvalue weighted by molar-refractivity contribution is 0.0613. The van der Waals surface area contributed by atoms with Crippen molar-refractivity contribution in [3.63, 3.8) is 0 Å². The van der Waals surface area contributed by atoms with Crippen molar-refractivity contribution in [1.82, 2.24) is 5.43 Å². The number of ether oxygens (including phenoxy) is 1. The third kappa shape index (κ3) is 4.77. The Hall–Kier alpha value is -1.04. The Morgan fingerprint density at radius 3 is 2.53 bits per heavy atom. The number of benzene rings is 1.